The van der Waals surface area contributed by atoms with Crippen LogP contribution in [0.15, 0.2) is 4.42 Å². The van der Waals surface area contributed by atoms with Gasteiger partial charge in [0.2, 0.25) is 23.4 Å². The molecule has 2 aliphatic carbocycles. The van der Waals surface area contributed by atoms with Gasteiger partial charge in [-0.3, -0.25) is 4.79 Å². The summed E-state index contributed by atoms with van der Waals surface area (Å²) in [6, 6.07) is 2.14. The van der Waals surface area contributed by atoms with Gasteiger partial charge in [-0.2, -0.15) is 5.26 Å². The number of nitrogens with zero attached hydrogens (tertiary/aromatic N) is 4. The van der Waals surface area contributed by atoms with Crippen molar-refractivity contribution in [2.75, 3.05) is 31.1 Å². The van der Waals surface area contributed by atoms with E-state index in [1.807, 2.05) is 4.90 Å². The van der Waals surface area contributed by atoms with Crippen molar-refractivity contribution in [3.8, 4) is 6.07 Å². The van der Waals surface area contributed by atoms with E-state index in [1.54, 1.807) is 0 Å². The van der Waals surface area contributed by atoms with E-state index in [1.165, 1.54) is 0 Å². The van der Waals surface area contributed by atoms with Gasteiger partial charge in [-0.25, -0.2) is 4.98 Å². The number of piperazine rings is 1. The molecule has 0 aromatic carbocycles. The maximum Gasteiger partial charge on any atom is 0.234 e. The average Bonchev–Trinajstić information content (AvgIpc) is 3.46. The highest BCUT2D eigenvalue weighted by Gasteiger charge is 2.42. The van der Waals surface area contributed by atoms with Crippen LogP contribution in [0.1, 0.15) is 43.7 Å². The minimum absolute atomic E-state index is 0.243. The second kappa shape index (κ2) is 5.01. The Morgan fingerprint density at radius 1 is 1.32 bits per heavy atom. The van der Waals surface area contributed by atoms with E-state index in [0.717, 1.165) is 19.3 Å². The summed E-state index contributed by atoms with van der Waals surface area (Å²) in [6.45, 7) is 4.95. The Morgan fingerprint density at radius 3 is 2.55 bits per heavy atom. The highest BCUT2D eigenvalue weighted by Crippen LogP contribution is 2.42. The summed E-state index contributed by atoms with van der Waals surface area (Å²) in [5.74, 6) is 2.79. The minimum atomic E-state index is 0.243. The highest BCUT2D eigenvalue weighted by atomic mass is 16.4. The molecule has 3 aliphatic rings. The number of rotatable bonds is 3. The van der Waals surface area contributed by atoms with E-state index in [2.05, 4.69) is 22.9 Å². The number of nitriles is 1. The third kappa shape index (κ3) is 2.35. The Labute approximate surface area is 129 Å². The number of hydrogen-bond acceptors (Lipinski definition) is 5. The molecule has 2 saturated carbocycles. The molecule has 2 atom stereocenters. The fourth-order valence-corrected chi connectivity index (χ4v) is 3.15. The van der Waals surface area contributed by atoms with Gasteiger partial charge >= 0.3 is 0 Å². The largest absolute Gasteiger partial charge is 0.423 e. The van der Waals surface area contributed by atoms with Crippen LogP contribution >= 0.6 is 0 Å². The molecule has 0 spiro atoms. The number of aromatic nitrogens is 1. The first-order valence-electron chi connectivity index (χ1n) is 8.12. The zero-order chi connectivity index (χ0) is 15.3. The fraction of sp³-hybridized carbons (Fsp3) is 0.688. The molecular weight excluding hydrogens is 280 g/mol. The summed E-state index contributed by atoms with van der Waals surface area (Å²) in [6.07, 6.45) is 3.24. The molecule has 4 rings (SSSR count). The maximum absolute atomic E-state index is 12.3. The Kier molecular flexibility index (Phi) is 3.10. The van der Waals surface area contributed by atoms with E-state index in [0.29, 0.717) is 61.4 Å². The first-order chi connectivity index (χ1) is 10.7. The van der Waals surface area contributed by atoms with E-state index in [9.17, 15) is 10.1 Å². The van der Waals surface area contributed by atoms with Crippen molar-refractivity contribution in [1.82, 2.24) is 9.88 Å². The van der Waals surface area contributed by atoms with Gasteiger partial charge in [0.1, 0.15) is 6.07 Å². The molecule has 3 fully saturated rings. The number of carbonyl (C=O) groups excluding carboxylic acids is 1. The monoisotopic (exact) mass is 300 g/mol. The van der Waals surface area contributed by atoms with Crippen molar-refractivity contribution >= 4 is 11.8 Å². The molecule has 1 aromatic rings. The van der Waals surface area contributed by atoms with Crippen molar-refractivity contribution in [2.45, 2.75) is 32.1 Å². The van der Waals surface area contributed by atoms with E-state index < -0.39 is 0 Å². The first kappa shape index (κ1) is 13.6. The molecule has 0 N–H and O–H groups in total. The predicted molar refractivity (Wildman–Crippen MR) is 79.3 cm³/mol. The van der Waals surface area contributed by atoms with Gasteiger partial charge in [0.05, 0.1) is 0 Å². The van der Waals surface area contributed by atoms with E-state index in [4.69, 9.17) is 4.42 Å². The van der Waals surface area contributed by atoms with Crippen LogP contribution in [0.4, 0.5) is 5.88 Å². The lowest BCUT2D eigenvalue weighted by atomic mass is 10.2. The predicted octanol–water partition coefficient (Wildman–Crippen LogP) is 1.73. The van der Waals surface area contributed by atoms with Crippen molar-refractivity contribution in [3.05, 3.63) is 11.6 Å². The number of anilines is 1. The molecule has 22 heavy (non-hydrogen) atoms. The zero-order valence-electron chi connectivity index (χ0n) is 12.8. The van der Waals surface area contributed by atoms with Crippen molar-refractivity contribution in [1.29, 1.82) is 5.26 Å². The standard InChI is InChI=1S/C16H20N4O2/c1-10-8-12(10)15(21)19-4-6-20(7-5-19)16-13(9-17)18-14(22-16)11-2-3-11/h10-12H,2-8H2,1H3/t10-,12+/m0/s1. The van der Waals surface area contributed by atoms with Crippen molar-refractivity contribution < 1.29 is 9.21 Å². The summed E-state index contributed by atoms with van der Waals surface area (Å²) in [5.41, 5.74) is 0.387. The number of oxazole rings is 1. The number of amides is 1. The third-order valence-corrected chi connectivity index (χ3v) is 4.96. The number of hydrogen-bond donors (Lipinski definition) is 0. The highest BCUT2D eigenvalue weighted by molar-refractivity contribution is 5.81. The zero-order valence-corrected chi connectivity index (χ0v) is 12.8. The molecule has 2 heterocycles. The van der Waals surface area contributed by atoms with Gasteiger partial charge < -0.3 is 14.2 Å². The van der Waals surface area contributed by atoms with Gasteiger partial charge in [-0.15, -0.1) is 0 Å². The molecule has 1 aromatic heterocycles. The molecule has 1 saturated heterocycles. The quantitative estimate of drug-likeness (QED) is 0.850. The summed E-state index contributed by atoms with van der Waals surface area (Å²) in [5, 5.41) is 9.25. The van der Waals surface area contributed by atoms with Gasteiger partial charge in [0.15, 0.2) is 0 Å². The summed E-state index contributed by atoms with van der Waals surface area (Å²) < 4.78 is 5.83. The van der Waals surface area contributed by atoms with Crippen LogP contribution in [0.5, 0.6) is 0 Å². The smallest absolute Gasteiger partial charge is 0.234 e. The first-order valence-corrected chi connectivity index (χ1v) is 8.12. The maximum atomic E-state index is 12.3. The Balaban J connectivity index is 1.43. The summed E-state index contributed by atoms with van der Waals surface area (Å²) >= 11 is 0. The molecular formula is C16H20N4O2. The molecule has 0 radical (unpaired) electrons. The summed E-state index contributed by atoms with van der Waals surface area (Å²) in [7, 11) is 0. The lowest BCUT2D eigenvalue weighted by molar-refractivity contribution is -0.133. The van der Waals surface area contributed by atoms with Gasteiger partial charge in [0, 0.05) is 38.0 Å². The molecule has 6 heteroatoms. The SMILES string of the molecule is C[C@H]1C[C@H]1C(=O)N1CCN(c2oc(C3CC3)nc2C#N)CC1. The third-order valence-electron chi connectivity index (χ3n) is 4.96. The second-order valence-corrected chi connectivity index (χ2v) is 6.72. The fourth-order valence-electron chi connectivity index (χ4n) is 3.15. The van der Waals surface area contributed by atoms with Gasteiger partial charge in [-0.05, 0) is 25.2 Å². The van der Waals surface area contributed by atoms with Gasteiger partial charge in [-0.1, -0.05) is 6.92 Å². The van der Waals surface area contributed by atoms with Gasteiger partial charge in [0.25, 0.3) is 0 Å². The summed E-state index contributed by atoms with van der Waals surface area (Å²) in [4.78, 5) is 20.6. The minimum Gasteiger partial charge on any atom is -0.423 e. The molecule has 1 aliphatic heterocycles. The van der Waals surface area contributed by atoms with Crippen LogP contribution in [0.25, 0.3) is 0 Å². The van der Waals surface area contributed by atoms with Crippen LogP contribution in [0.2, 0.25) is 0 Å². The average molecular weight is 300 g/mol. The molecule has 6 nitrogen and oxygen atoms in total. The van der Waals surface area contributed by atoms with Crippen LogP contribution in [0, 0.1) is 23.2 Å². The number of carbonyl (C=O) groups is 1. The molecule has 0 unspecified atom stereocenters. The Hall–Kier alpha value is -2.03. The second-order valence-electron chi connectivity index (χ2n) is 6.72. The molecule has 1 amide bonds. The van der Waals surface area contributed by atoms with Crippen LogP contribution in [-0.4, -0.2) is 42.0 Å². The van der Waals surface area contributed by atoms with Crippen molar-refractivity contribution in [2.24, 2.45) is 11.8 Å². The van der Waals surface area contributed by atoms with Crippen LogP contribution < -0.4 is 4.90 Å². The van der Waals surface area contributed by atoms with Crippen LogP contribution in [-0.2, 0) is 4.79 Å². The van der Waals surface area contributed by atoms with E-state index in [-0.39, 0.29) is 5.92 Å². The van der Waals surface area contributed by atoms with Crippen LogP contribution in [0.3, 0.4) is 0 Å². The molecule has 116 valence electrons. The Morgan fingerprint density at radius 2 is 2.00 bits per heavy atom. The molecule has 0 bridgehead atoms. The lowest BCUT2D eigenvalue weighted by Gasteiger charge is -2.34. The van der Waals surface area contributed by atoms with Crippen molar-refractivity contribution in [3.63, 3.8) is 0 Å². The van der Waals surface area contributed by atoms with E-state index >= 15 is 0 Å². The Bertz CT molecular complexity index is 635. The lowest BCUT2D eigenvalue weighted by Crippen LogP contribution is -2.49. The normalized spacial score (nSPS) is 27.6. The topological polar surface area (TPSA) is 73.4 Å².